The Kier molecular flexibility index (Phi) is 4.44. The van der Waals surface area contributed by atoms with Gasteiger partial charge in [0, 0.05) is 26.2 Å². The van der Waals surface area contributed by atoms with Gasteiger partial charge in [-0.25, -0.2) is 8.42 Å². The van der Waals surface area contributed by atoms with Crippen molar-refractivity contribution in [3.05, 3.63) is 11.4 Å². The maximum Gasteiger partial charge on any atom is 0.247 e. The van der Waals surface area contributed by atoms with Crippen molar-refractivity contribution in [3.8, 4) is 0 Å². The van der Waals surface area contributed by atoms with Gasteiger partial charge in [-0.2, -0.15) is 9.40 Å². The molecule has 1 aromatic rings. The monoisotopic (exact) mass is 288 g/mol. The zero-order valence-corrected chi connectivity index (χ0v) is 13.4. The first-order valence-corrected chi connectivity index (χ1v) is 7.75. The van der Waals surface area contributed by atoms with E-state index in [2.05, 4.69) is 5.10 Å². The molecule has 1 rings (SSSR count). The van der Waals surface area contributed by atoms with E-state index in [-0.39, 0.29) is 11.4 Å². The second kappa shape index (κ2) is 5.22. The minimum absolute atomic E-state index is 0.275. The van der Waals surface area contributed by atoms with Gasteiger partial charge in [-0.3, -0.25) is 4.68 Å². The lowest BCUT2D eigenvalue weighted by Crippen LogP contribution is -2.51. The first-order chi connectivity index (χ1) is 8.61. The van der Waals surface area contributed by atoms with Gasteiger partial charge in [0.1, 0.15) is 4.90 Å². The molecular formula is C12H24N4O2S. The summed E-state index contributed by atoms with van der Waals surface area (Å²) in [6.45, 7) is 7.52. The van der Waals surface area contributed by atoms with Crippen LogP contribution in [0, 0.1) is 13.8 Å². The van der Waals surface area contributed by atoms with Gasteiger partial charge in [-0.1, -0.05) is 6.92 Å². The Balaban J connectivity index is 3.40. The molecule has 1 unspecified atom stereocenters. The smallest absolute Gasteiger partial charge is 0.247 e. The molecule has 1 aromatic heterocycles. The Morgan fingerprint density at radius 2 is 1.95 bits per heavy atom. The molecule has 110 valence electrons. The Hall–Kier alpha value is -0.920. The van der Waals surface area contributed by atoms with Gasteiger partial charge in [0.15, 0.2) is 0 Å². The third-order valence-corrected chi connectivity index (χ3v) is 6.29. The third-order valence-electron chi connectivity index (χ3n) is 4.02. The van der Waals surface area contributed by atoms with Crippen LogP contribution in [0.1, 0.15) is 31.7 Å². The molecule has 0 saturated carbocycles. The fourth-order valence-electron chi connectivity index (χ4n) is 2.05. The highest BCUT2D eigenvalue weighted by Crippen LogP contribution is 2.28. The van der Waals surface area contributed by atoms with Crippen molar-refractivity contribution in [3.63, 3.8) is 0 Å². The molecule has 0 fully saturated rings. The van der Waals surface area contributed by atoms with Gasteiger partial charge in [-0.05, 0) is 27.2 Å². The summed E-state index contributed by atoms with van der Waals surface area (Å²) in [7, 11) is -0.271. The topological polar surface area (TPSA) is 81.2 Å². The second-order valence-electron chi connectivity index (χ2n) is 5.15. The molecule has 0 radical (unpaired) electrons. The van der Waals surface area contributed by atoms with Crippen LogP contribution in [0.3, 0.4) is 0 Å². The summed E-state index contributed by atoms with van der Waals surface area (Å²) in [4.78, 5) is 0.283. The van der Waals surface area contributed by atoms with E-state index >= 15 is 0 Å². The lowest BCUT2D eigenvalue weighted by molar-refractivity contribution is 0.240. The minimum Gasteiger partial charge on any atom is -0.329 e. The number of nitrogens with zero attached hydrogens (tertiary/aromatic N) is 3. The van der Waals surface area contributed by atoms with Crippen molar-refractivity contribution in [2.45, 2.75) is 44.6 Å². The molecule has 0 aliphatic carbocycles. The number of likely N-dealkylation sites (N-methyl/N-ethyl adjacent to an activating group) is 1. The van der Waals surface area contributed by atoms with E-state index in [0.717, 1.165) is 0 Å². The summed E-state index contributed by atoms with van der Waals surface area (Å²) in [5.74, 6) is 0. The summed E-state index contributed by atoms with van der Waals surface area (Å²) in [6, 6.07) is 0. The molecule has 0 amide bonds. The number of sulfonamides is 1. The summed E-state index contributed by atoms with van der Waals surface area (Å²) >= 11 is 0. The summed E-state index contributed by atoms with van der Waals surface area (Å²) in [6.07, 6.45) is 0.650. The molecule has 0 aromatic carbocycles. The van der Waals surface area contributed by atoms with Crippen LogP contribution in [0.2, 0.25) is 0 Å². The van der Waals surface area contributed by atoms with E-state index in [4.69, 9.17) is 5.73 Å². The third kappa shape index (κ3) is 2.54. The lowest BCUT2D eigenvalue weighted by Gasteiger charge is -2.36. The van der Waals surface area contributed by atoms with Crippen LogP contribution in [0.15, 0.2) is 4.90 Å². The standard InChI is InChI=1S/C12H24N4O2S/c1-7-12(4,8-13)16(6)19(17,18)11-9(2)14-15(5)10(11)3/h7-8,13H2,1-6H3. The molecule has 19 heavy (non-hydrogen) atoms. The zero-order valence-electron chi connectivity index (χ0n) is 12.6. The highest BCUT2D eigenvalue weighted by atomic mass is 32.2. The normalized spacial score (nSPS) is 15.8. The van der Waals surface area contributed by atoms with Crippen LogP contribution in [0.5, 0.6) is 0 Å². The van der Waals surface area contributed by atoms with Gasteiger partial charge in [0.25, 0.3) is 0 Å². The van der Waals surface area contributed by atoms with Crippen molar-refractivity contribution >= 4 is 10.0 Å². The van der Waals surface area contributed by atoms with Crippen molar-refractivity contribution in [1.82, 2.24) is 14.1 Å². The first kappa shape index (κ1) is 16.1. The predicted octanol–water partition coefficient (Wildman–Crippen LogP) is 0.785. The quantitative estimate of drug-likeness (QED) is 0.868. The molecule has 1 atom stereocenters. The Morgan fingerprint density at radius 3 is 2.26 bits per heavy atom. The summed E-state index contributed by atoms with van der Waals surface area (Å²) in [5.41, 5.74) is 6.31. The molecule has 0 spiro atoms. The van der Waals surface area contributed by atoms with E-state index in [1.54, 1.807) is 32.6 Å². The number of aromatic nitrogens is 2. The maximum absolute atomic E-state index is 12.8. The molecule has 1 heterocycles. The van der Waals surface area contributed by atoms with Gasteiger partial charge in [0.05, 0.1) is 11.4 Å². The highest BCUT2D eigenvalue weighted by molar-refractivity contribution is 7.89. The Bertz CT molecular complexity index is 559. The van der Waals surface area contributed by atoms with Crippen LogP contribution in [-0.2, 0) is 17.1 Å². The van der Waals surface area contributed by atoms with Crippen molar-refractivity contribution in [1.29, 1.82) is 0 Å². The van der Waals surface area contributed by atoms with Gasteiger partial charge in [-0.15, -0.1) is 0 Å². The van der Waals surface area contributed by atoms with Crippen LogP contribution >= 0.6 is 0 Å². The molecule has 7 heteroatoms. The van der Waals surface area contributed by atoms with Gasteiger partial charge >= 0.3 is 0 Å². The second-order valence-corrected chi connectivity index (χ2v) is 7.06. The Labute approximate surface area is 115 Å². The molecule has 0 bridgehead atoms. The van der Waals surface area contributed by atoms with E-state index in [1.807, 2.05) is 13.8 Å². The number of nitrogens with two attached hydrogens (primary N) is 1. The van der Waals surface area contributed by atoms with Crippen LogP contribution in [-0.4, -0.2) is 41.6 Å². The average Bonchev–Trinajstić information content (AvgIpc) is 2.61. The summed E-state index contributed by atoms with van der Waals surface area (Å²) in [5, 5.41) is 4.17. The largest absolute Gasteiger partial charge is 0.329 e. The number of hydrogen-bond acceptors (Lipinski definition) is 4. The summed E-state index contributed by atoms with van der Waals surface area (Å²) < 4.78 is 28.5. The Morgan fingerprint density at radius 1 is 1.42 bits per heavy atom. The maximum atomic E-state index is 12.8. The molecule has 0 saturated heterocycles. The fraction of sp³-hybridized carbons (Fsp3) is 0.750. The predicted molar refractivity (Wildman–Crippen MR) is 75.4 cm³/mol. The van der Waals surface area contributed by atoms with E-state index in [9.17, 15) is 8.42 Å². The van der Waals surface area contributed by atoms with Crippen LogP contribution in [0.25, 0.3) is 0 Å². The fourth-order valence-corrected chi connectivity index (χ4v) is 4.03. The van der Waals surface area contributed by atoms with Crippen molar-refractivity contribution < 1.29 is 8.42 Å². The first-order valence-electron chi connectivity index (χ1n) is 6.31. The number of hydrogen-bond donors (Lipinski definition) is 1. The van der Waals surface area contributed by atoms with Crippen LogP contribution in [0.4, 0.5) is 0 Å². The van der Waals surface area contributed by atoms with Crippen molar-refractivity contribution in [2.24, 2.45) is 12.8 Å². The van der Waals surface area contributed by atoms with Crippen LogP contribution < -0.4 is 5.73 Å². The van der Waals surface area contributed by atoms with Gasteiger partial charge in [0.2, 0.25) is 10.0 Å². The van der Waals surface area contributed by atoms with Crippen molar-refractivity contribution in [2.75, 3.05) is 13.6 Å². The molecule has 0 aliphatic heterocycles. The number of rotatable bonds is 5. The van der Waals surface area contributed by atoms with E-state index in [0.29, 0.717) is 17.8 Å². The highest BCUT2D eigenvalue weighted by Gasteiger charge is 2.38. The molecular weight excluding hydrogens is 264 g/mol. The SMILES string of the molecule is CCC(C)(CN)N(C)S(=O)(=O)c1c(C)nn(C)c1C. The van der Waals surface area contributed by atoms with E-state index < -0.39 is 15.6 Å². The lowest BCUT2D eigenvalue weighted by atomic mass is 10.00. The minimum atomic E-state index is -3.59. The average molecular weight is 288 g/mol. The van der Waals surface area contributed by atoms with Gasteiger partial charge < -0.3 is 5.73 Å². The zero-order chi connectivity index (χ0) is 15.0. The molecule has 6 nitrogen and oxygen atoms in total. The number of aryl methyl sites for hydroxylation is 2. The molecule has 0 aliphatic rings. The molecule has 2 N–H and O–H groups in total. The van der Waals surface area contributed by atoms with E-state index in [1.165, 1.54) is 4.31 Å².